The molecule has 1 aliphatic rings. The Hall–Kier alpha value is -0.123. The summed E-state index contributed by atoms with van der Waals surface area (Å²) in [5.41, 5.74) is 0.354. The van der Waals surface area contributed by atoms with Crippen molar-refractivity contribution in [2.75, 3.05) is 0 Å². The first-order valence-corrected chi connectivity index (χ1v) is 7.99. The van der Waals surface area contributed by atoms with Crippen molar-refractivity contribution in [3.05, 3.63) is 12.7 Å². The van der Waals surface area contributed by atoms with Crippen LogP contribution in [0.15, 0.2) is 12.7 Å². The van der Waals surface area contributed by atoms with Gasteiger partial charge in [-0.1, -0.05) is 25.7 Å². The number of epoxide rings is 1. The first-order valence-electron chi connectivity index (χ1n) is 4.41. The van der Waals surface area contributed by atoms with Crippen LogP contribution in [-0.4, -0.2) is 31.1 Å². The van der Waals surface area contributed by atoms with Gasteiger partial charge >= 0.3 is 0 Å². The van der Waals surface area contributed by atoms with Crippen molar-refractivity contribution in [2.24, 2.45) is 0 Å². The Labute approximate surface area is 75.3 Å². The first kappa shape index (κ1) is 9.96. The van der Waals surface area contributed by atoms with Gasteiger partial charge in [0.25, 0.3) is 0 Å². The molecule has 2 nitrogen and oxygen atoms in total. The van der Waals surface area contributed by atoms with Crippen LogP contribution >= 0.6 is 0 Å². The van der Waals surface area contributed by atoms with E-state index in [4.69, 9.17) is 4.74 Å². The van der Waals surface area contributed by atoms with Gasteiger partial charge in [-0.3, -0.25) is 0 Å². The lowest BCUT2D eigenvalue weighted by Crippen LogP contribution is -2.33. The molecule has 1 rings (SSSR count). The summed E-state index contributed by atoms with van der Waals surface area (Å²) in [6.45, 7) is 10.4. The van der Waals surface area contributed by atoms with Crippen LogP contribution in [0.2, 0.25) is 19.6 Å². The van der Waals surface area contributed by atoms with Gasteiger partial charge in [0, 0.05) is 0 Å². The van der Waals surface area contributed by atoms with Gasteiger partial charge in [-0.15, -0.1) is 6.58 Å². The second kappa shape index (κ2) is 3.32. The SMILES string of the molecule is C=CC[C@@H](O)[C@H]1O[C@@H]1[Si](C)(C)C. The van der Waals surface area contributed by atoms with E-state index in [1.165, 1.54) is 0 Å². The summed E-state index contributed by atoms with van der Waals surface area (Å²) in [5, 5.41) is 9.55. The zero-order valence-electron chi connectivity index (χ0n) is 8.08. The monoisotopic (exact) mass is 186 g/mol. The van der Waals surface area contributed by atoms with Crippen molar-refractivity contribution in [3.8, 4) is 0 Å². The molecule has 0 aromatic heterocycles. The van der Waals surface area contributed by atoms with Gasteiger partial charge in [0.1, 0.15) is 6.10 Å². The molecule has 0 amide bonds. The molecule has 1 N–H and O–H groups in total. The molecule has 70 valence electrons. The van der Waals surface area contributed by atoms with Crippen molar-refractivity contribution in [3.63, 3.8) is 0 Å². The van der Waals surface area contributed by atoms with Crippen LogP contribution in [0, 0.1) is 0 Å². The van der Waals surface area contributed by atoms with Crippen LogP contribution in [0.25, 0.3) is 0 Å². The number of hydrogen-bond donors (Lipinski definition) is 1. The number of rotatable bonds is 4. The Balaban J connectivity index is 2.37. The zero-order chi connectivity index (χ0) is 9.35. The standard InChI is InChI=1S/C9H18O2Si/c1-5-6-7(10)8-9(11-8)12(2,3)4/h5,7-10H,1,6H2,2-4H3/t7-,8-,9-/m1/s1. The Morgan fingerprint density at radius 3 is 2.50 bits per heavy atom. The predicted octanol–water partition coefficient (Wildman–Crippen LogP) is 1.57. The fourth-order valence-corrected chi connectivity index (χ4v) is 3.19. The smallest absolute Gasteiger partial charge is 0.107 e. The molecule has 1 fully saturated rings. The molecule has 1 saturated heterocycles. The van der Waals surface area contributed by atoms with Gasteiger partial charge in [-0.05, 0) is 6.42 Å². The highest BCUT2D eigenvalue weighted by Gasteiger charge is 2.51. The molecule has 1 aliphatic heterocycles. The van der Waals surface area contributed by atoms with Gasteiger partial charge in [-0.2, -0.15) is 0 Å². The van der Waals surface area contributed by atoms with Gasteiger partial charge in [0.2, 0.25) is 0 Å². The fourth-order valence-electron chi connectivity index (χ4n) is 1.42. The van der Waals surface area contributed by atoms with Crippen molar-refractivity contribution < 1.29 is 9.84 Å². The van der Waals surface area contributed by atoms with Crippen LogP contribution in [0.5, 0.6) is 0 Å². The lowest BCUT2D eigenvalue weighted by atomic mass is 10.2. The average molecular weight is 186 g/mol. The summed E-state index contributed by atoms with van der Waals surface area (Å²) >= 11 is 0. The molecule has 3 heteroatoms. The van der Waals surface area contributed by atoms with Crippen molar-refractivity contribution in [2.45, 2.75) is 44.0 Å². The number of hydrogen-bond acceptors (Lipinski definition) is 2. The Kier molecular flexibility index (Phi) is 2.76. The van der Waals surface area contributed by atoms with E-state index in [-0.39, 0.29) is 12.2 Å². The summed E-state index contributed by atoms with van der Waals surface area (Å²) in [7, 11) is -1.19. The lowest BCUT2D eigenvalue weighted by molar-refractivity contribution is 0.138. The summed E-state index contributed by atoms with van der Waals surface area (Å²) in [5.74, 6) is 0. The van der Waals surface area contributed by atoms with E-state index >= 15 is 0 Å². The van der Waals surface area contributed by atoms with Crippen LogP contribution in [0.4, 0.5) is 0 Å². The van der Waals surface area contributed by atoms with Gasteiger partial charge in [-0.25, -0.2) is 0 Å². The van der Waals surface area contributed by atoms with Crippen LogP contribution in [0.1, 0.15) is 6.42 Å². The maximum Gasteiger partial charge on any atom is 0.107 e. The minimum Gasteiger partial charge on any atom is -0.390 e. The molecule has 1 heterocycles. The molecule has 0 aromatic rings. The van der Waals surface area contributed by atoms with Crippen molar-refractivity contribution >= 4 is 8.07 Å². The maximum absolute atomic E-state index is 9.55. The predicted molar refractivity (Wildman–Crippen MR) is 52.8 cm³/mol. The average Bonchev–Trinajstić information content (AvgIpc) is 2.62. The van der Waals surface area contributed by atoms with Gasteiger partial charge in [0.15, 0.2) is 0 Å². The van der Waals surface area contributed by atoms with Crippen LogP contribution < -0.4 is 0 Å². The second-order valence-electron chi connectivity index (χ2n) is 4.48. The van der Waals surface area contributed by atoms with Gasteiger partial charge < -0.3 is 9.84 Å². The van der Waals surface area contributed by atoms with Crippen LogP contribution in [0.3, 0.4) is 0 Å². The molecule has 3 atom stereocenters. The van der Waals surface area contributed by atoms with E-state index in [1.807, 2.05) is 0 Å². The Bertz CT molecular complexity index is 174. The number of aliphatic hydroxyl groups is 1. The summed E-state index contributed by atoms with van der Waals surface area (Å²) in [6.07, 6.45) is 2.15. The Morgan fingerprint density at radius 1 is 1.58 bits per heavy atom. The van der Waals surface area contributed by atoms with E-state index in [2.05, 4.69) is 26.2 Å². The summed E-state index contributed by atoms with van der Waals surface area (Å²) in [4.78, 5) is 0. The lowest BCUT2D eigenvalue weighted by Gasteiger charge is -2.12. The zero-order valence-corrected chi connectivity index (χ0v) is 9.08. The molecule has 0 unspecified atom stereocenters. The topological polar surface area (TPSA) is 32.8 Å². The third-order valence-electron chi connectivity index (χ3n) is 2.17. The third-order valence-corrected chi connectivity index (χ3v) is 4.34. The normalized spacial score (nSPS) is 31.3. The molecule has 0 saturated carbocycles. The largest absolute Gasteiger partial charge is 0.390 e. The fraction of sp³-hybridized carbons (Fsp3) is 0.778. The highest BCUT2D eigenvalue weighted by atomic mass is 28.3. The molecular weight excluding hydrogens is 168 g/mol. The van der Waals surface area contributed by atoms with E-state index in [1.54, 1.807) is 6.08 Å². The van der Waals surface area contributed by atoms with E-state index in [9.17, 15) is 5.11 Å². The maximum atomic E-state index is 9.55. The van der Waals surface area contributed by atoms with E-state index < -0.39 is 8.07 Å². The number of ether oxygens (including phenoxy) is 1. The van der Waals surface area contributed by atoms with Crippen LogP contribution in [-0.2, 0) is 4.74 Å². The highest BCUT2D eigenvalue weighted by molar-refractivity contribution is 6.78. The molecule has 12 heavy (non-hydrogen) atoms. The van der Waals surface area contributed by atoms with Gasteiger partial charge in [0.05, 0.1) is 19.9 Å². The minimum atomic E-state index is -1.19. The molecule has 0 bridgehead atoms. The van der Waals surface area contributed by atoms with E-state index in [0.29, 0.717) is 12.1 Å². The minimum absolute atomic E-state index is 0.0923. The number of aliphatic hydroxyl groups excluding tert-OH is 1. The molecule has 0 radical (unpaired) electrons. The second-order valence-corrected chi connectivity index (χ2v) is 9.78. The molecular formula is C9H18O2Si. The van der Waals surface area contributed by atoms with E-state index in [0.717, 1.165) is 0 Å². The first-order chi connectivity index (χ1) is 5.46. The third kappa shape index (κ3) is 2.18. The quantitative estimate of drug-likeness (QED) is 0.411. The molecule has 0 aliphatic carbocycles. The molecule has 0 spiro atoms. The highest BCUT2D eigenvalue weighted by Crippen LogP contribution is 2.34. The summed E-state index contributed by atoms with van der Waals surface area (Å²) in [6, 6.07) is 0. The molecule has 0 aromatic carbocycles. The van der Waals surface area contributed by atoms with Crippen molar-refractivity contribution in [1.29, 1.82) is 0 Å². The van der Waals surface area contributed by atoms with Crippen molar-refractivity contribution in [1.82, 2.24) is 0 Å². The Morgan fingerprint density at radius 2 is 2.17 bits per heavy atom. The summed E-state index contributed by atoms with van der Waals surface area (Å²) < 4.78 is 5.46.